The third kappa shape index (κ3) is 8.97. The fourth-order valence-electron chi connectivity index (χ4n) is 4.07. The first-order valence-corrected chi connectivity index (χ1v) is 14.5. The van der Waals surface area contributed by atoms with E-state index in [9.17, 15) is 18.0 Å². The molecule has 4 N–H and O–H groups in total. The van der Waals surface area contributed by atoms with E-state index in [1.54, 1.807) is 18.2 Å². The number of rotatable bonds is 14. The molecule has 2 rings (SSSR count). The topological polar surface area (TPSA) is 118 Å². The number of nitrogen functional groups attached to an aromatic ring is 1. The molecule has 2 atom stereocenters. The molecular weight excluding hydrogens is 474 g/mol. The number of sulfone groups is 1. The SMILES string of the molecule is CCCC[C@H](CC)CNC(=O)c1ccc(N[C@@H](CS(=O)(=O)Cc2cc(C)ccc2C)C(C)=O)c(N)c1. The molecule has 8 heteroatoms. The van der Waals surface area contributed by atoms with Crippen LogP contribution in [0.1, 0.15) is 73.5 Å². The molecule has 0 saturated heterocycles. The van der Waals surface area contributed by atoms with Crippen molar-refractivity contribution in [1.82, 2.24) is 5.32 Å². The number of nitrogens with one attached hydrogen (secondary N) is 2. The van der Waals surface area contributed by atoms with E-state index < -0.39 is 15.9 Å². The Balaban J connectivity index is 2.08. The third-order valence-electron chi connectivity index (χ3n) is 6.53. The number of carbonyl (C=O) groups is 2. The van der Waals surface area contributed by atoms with Gasteiger partial charge in [0, 0.05) is 12.1 Å². The maximum absolute atomic E-state index is 12.9. The van der Waals surface area contributed by atoms with Gasteiger partial charge in [-0.3, -0.25) is 9.59 Å². The summed E-state index contributed by atoms with van der Waals surface area (Å²) >= 11 is 0. The van der Waals surface area contributed by atoms with Crippen LogP contribution in [0, 0.1) is 19.8 Å². The second-order valence-electron chi connectivity index (χ2n) is 9.72. The first-order valence-electron chi connectivity index (χ1n) is 12.7. The number of amides is 1. The third-order valence-corrected chi connectivity index (χ3v) is 8.12. The molecule has 36 heavy (non-hydrogen) atoms. The van der Waals surface area contributed by atoms with Crippen molar-refractivity contribution in [2.24, 2.45) is 5.92 Å². The summed E-state index contributed by atoms with van der Waals surface area (Å²) in [6.45, 7) is 10.0. The molecule has 0 saturated carbocycles. The minimum absolute atomic E-state index is 0.141. The summed E-state index contributed by atoms with van der Waals surface area (Å²) in [6, 6.07) is 9.53. The van der Waals surface area contributed by atoms with Gasteiger partial charge in [0.2, 0.25) is 0 Å². The number of unbranched alkanes of at least 4 members (excludes halogenated alkanes) is 1. The fraction of sp³-hybridized carbons (Fsp3) is 0.500. The van der Waals surface area contributed by atoms with Crippen molar-refractivity contribution in [2.75, 3.05) is 23.3 Å². The number of carbonyl (C=O) groups excluding carboxylic acids is 2. The predicted octanol–water partition coefficient (Wildman–Crippen LogP) is 4.82. The molecule has 198 valence electrons. The first-order chi connectivity index (χ1) is 17.0. The van der Waals surface area contributed by atoms with Crippen LogP contribution in [-0.2, 0) is 20.4 Å². The lowest BCUT2D eigenvalue weighted by Crippen LogP contribution is -2.36. The minimum Gasteiger partial charge on any atom is -0.397 e. The van der Waals surface area contributed by atoms with Gasteiger partial charge in [0.05, 0.1) is 28.9 Å². The number of ketones is 1. The lowest BCUT2D eigenvalue weighted by Gasteiger charge is -2.20. The highest BCUT2D eigenvalue weighted by Crippen LogP contribution is 2.23. The molecule has 0 fully saturated rings. The van der Waals surface area contributed by atoms with Gasteiger partial charge in [-0.25, -0.2) is 8.42 Å². The summed E-state index contributed by atoms with van der Waals surface area (Å²) in [4.78, 5) is 24.9. The molecule has 0 unspecified atom stereocenters. The van der Waals surface area contributed by atoms with Gasteiger partial charge in [-0.15, -0.1) is 0 Å². The summed E-state index contributed by atoms with van der Waals surface area (Å²) in [5.41, 5.74) is 9.90. The number of benzene rings is 2. The standard InChI is InChI=1S/C28H41N3O4S/c1-6-8-9-22(7-2)16-30-28(33)23-12-13-26(25(29)15-23)31-27(21(5)32)18-36(34,35)17-24-14-19(3)10-11-20(24)4/h10-15,22,27,31H,6-9,16-18,29H2,1-5H3,(H,30,33)/t22-,27-/m0/s1. The lowest BCUT2D eigenvalue weighted by molar-refractivity contribution is -0.117. The Hall–Kier alpha value is -2.87. The van der Waals surface area contributed by atoms with Crippen molar-refractivity contribution < 1.29 is 18.0 Å². The molecule has 0 heterocycles. The maximum atomic E-state index is 12.9. The van der Waals surface area contributed by atoms with Crippen molar-refractivity contribution in [3.63, 3.8) is 0 Å². The summed E-state index contributed by atoms with van der Waals surface area (Å²) in [5.74, 6) is -0.569. The van der Waals surface area contributed by atoms with Crippen molar-refractivity contribution in [3.8, 4) is 0 Å². The summed E-state index contributed by atoms with van der Waals surface area (Å²) < 4.78 is 25.9. The van der Waals surface area contributed by atoms with E-state index in [4.69, 9.17) is 5.73 Å². The number of Topliss-reactive ketones (excluding diaryl/α,β-unsaturated/α-hetero) is 1. The Morgan fingerprint density at radius 1 is 1.06 bits per heavy atom. The van der Waals surface area contributed by atoms with Gasteiger partial charge in [0.25, 0.3) is 5.91 Å². The number of hydrogen-bond donors (Lipinski definition) is 3. The van der Waals surface area contributed by atoms with Crippen LogP contribution in [0.25, 0.3) is 0 Å². The van der Waals surface area contributed by atoms with Crippen molar-refractivity contribution in [1.29, 1.82) is 0 Å². The number of nitrogens with two attached hydrogens (primary N) is 1. The average molecular weight is 516 g/mol. The highest BCUT2D eigenvalue weighted by Gasteiger charge is 2.25. The Kier molecular flexibility index (Phi) is 11.0. The van der Waals surface area contributed by atoms with Crippen LogP contribution in [0.3, 0.4) is 0 Å². The Labute approximate surface area is 216 Å². The van der Waals surface area contributed by atoms with E-state index in [1.807, 2.05) is 32.0 Å². The molecule has 1 amide bonds. The van der Waals surface area contributed by atoms with Crippen LogP contribution in [-0.4, -0.2) is 38.4 Å². The second-order valence-corrected chi connectivity index (χ2v) is 11.8. The highest BCUT2D eigenvalue weighted by atomic mass is 32.2. The van der Waals surface area contributed by atoms with E-state index in [-0.39, 0.29) is 28.9 Å². The molecular formula is C28H41N3O4S. The normalized spacial score (nSPS) is 13.1. The molecule has 0 aromatic heterocycles. The summed E-state index contributed by atoms with van der Waals surface area (Å²) in [5, 5.41) is 5.96. The molecule has 7 nitrogen and oxygen atoms in total. The Bertz CT molecular complexity index is 1160. The fourth-order valence-corrected chi connectivity index (χ4v) is 5.80. The zero-order valence-electron chi connectivity index (χ0n) is 22.2. The highest BCUT2D eigenvalue weighted by molar-refractivity contribution is 7.90. The van der Waals surface area contributed by atoms with E-state index >= 15 is 0 Å². The van der Waals surface area contributed by atoms with Crippen molar-refractivity contribution in [2.45, 2.75) is 72.1 Å². The molecule has 0 bridgehead atoms. The Morgan fingerprint density at radius 2 is 1.78 bits per heavy atom. The zero-order valence-corrected chi connectivity index (χ0v) is 23.0. The molecule has 2 aromatic carbocycles. The monoisotopic (exact) mass is 515 g/mol. The van der Waals surface area contributed by atoms with Crippen molar-refractivity contribution >= 4 is 32.9 Å². The van der Waals surface area contributed by atoms with E-state index in [0.717, 1.165) is 42.4 Å². The lowest BCUT2D eigenvalue weighted by atomic mass is 9.99. The van der Waals surface area contributed by atoms with Gasteiger partial charge in [-0.2, -0.15) is 0 Å². The predicted molar refractivity (Wildman–Crippen MR) is 148 cm³/mol. The second kappa shape index (κ2) is 13.4. The van der Waals surface area contributed by atoms with E-state index in [0.29, 0.717) is 23.7 Å². The van der Waals surface area contributed by atoms with Crippen molar-refractivity contribution in [3.05, 3.63) is 58.7 Å². The molecule has 0 aliphatic heterocycles. The Morgan fingerprint density at radius 3 is 2.39 bits per heavy atom. The number of anilines is 2. The maximum Gasteiger partial charge on any atom is 0.251 e. The number of aryl methyl sites for hydroxylation is 2. The van der Waals surface area contributed by atoms with Gasteiger partial charge in [0.1, 0.15) is 0 Å². The zero-order chi connectivity index (χ0) is 26.9. The summed E-state index contributed by atoms with van der Waals surface area (Å²) in [7, 11) is -3.59. The van der Waals surface area contributed by atoms with Gasteiger partial charge < -0.3 is 16.4 Å². The molecule has 0 aliphatic rings. The van der Waals surface area contributed by atoms with E-state index in [2.05, 4.69) is 24.5 Å². The average Bonchev–Trinajstić information content (AvgIpc) is 2.81. The smallest absolute Gasteiger partial charge is 0.251 e. The van der Waals surface area contributed by atoms with Crippen LogP contribution in [0.2, 0.25) is 0 Å². The van der Waals surface area contributed by atoms with Crippen LogP contribution in [0.15, 0.2) is 36.4 Å². The van der Waals surface area contributed by atoms with Gasteiger partial charge >= 0.3 is 0 Å². The van der Waals surface area contributed by atoms with Crippen LogP contribution in [0.4, 0.5) is 11.4 Å². The summed E-state index contributed by atoms with van der Waals surface area (Å²) in [6.07, 6.45) is 4.35. The number of hydrogen-bond acceptors (Lipinski definition) is 6. The van der Waals surface area contributed by atoms with E-state index in [1.165, 1.54) is 6.92 Å². The molecule has 0 spiro atoms. The van der Waals surface area contributed by atoms with Crippen LogP contribution >= 0.6 is 0 Å². The van der Waals surface area contributed by atoms with Gasteiger partial charge in [-0.05, 0) is 62.4 Å². The first kappa shape index (κ1) is 29.4. The van der Waals surface area contributed by atoms with Gasteiger partial charge in [-0.1, -0.05) is 56.9 Å². The molecule has 0 aliphatic carbocycles. The van der Waals surface area contributed by atoms with Crippen LogP contribution < -0.4 is 16.4 Å². The molecule has 0 radical (unpaired) electrons. The van der Waals surface area contributed by atoms with Crippen LogP contribution in [0.5, 0.6) is 0 Å². The largest absolute Gasteiger partial charge is 0.397 e. The quantitative estimate of drug-likeness (QED) is 0.311. The van der Waals surface area contributed by atoms with Gasteiger partial charge in [0.15, 0.2) is 15.6 Å². The molecule has 2 aromatic rings. The minimum atomic E-state index is -3.59.